The normalized spacial score (nSPS) is 14.5. The van der Waals surface area contributed by atoms with E-state index in [1.807, 2.05) is 0 Å². The summed E-state index contributed by atoms with van der Waals surface area (Å²) in [5.41, 5.74) is 0.584. The molecule has 13 heteroatoms. The van der Waals surface area contributed by atoms with Gasteiger partial charge in [0.1, 0.15) is 12.2 Å². The van der Waals surface area contributed by atoms with E-state index in [1.54, 1.807) is 30.3 Å². The summed E-state index contributed by atoms with van der Waals surface area (Å²) in [6.45, 7) is 0.110. The number of barbiturate groups is 1. The molecule has 0 aromatic heterocycles. The smallest absolute Gasteiger partial charge is 0.335 e. The van der Waals surface area contributed by atoms with E-state index < -0.39 is 22.8 Å². The van der Waals surface area contributed by atoms with Crippen molar-refractivity contribution in [2.75, 3.05) is 12.0 Å². The van der Waals surface area contributed by atoms with Crippen LogP contribution in [0.15, 0.2) is 64.6 Å². The molecule has 194 valence electrons. The number of halogens is 3. The number of nitro groups is 1. The zero-order chi connectivity index (χ0) is 27.6. The molecule has 0 unspecified atom stereocenters. The molecule has 38 heavy (non-hydrogen) atoms. The van der Waals surface area contributed by atoms with Crippen LogP contribution in [0.4, 0.5) is 16.2 Å². The molecule has 10 nitrogen and oxygen atoms in total. The molecule has 0 atom stereocenters. The quantitative estimate of drug-likeness (QED) is 0.150. The Morgan fingerprint density at radius 3 is 2.42 bits per heavy atom. The van der Waals surface area contributed by atoms with Gasteiger partial charge in [-0.25, -0.2) is 9.69 Å². The Morgan fingerprint density at radius 2 is 1.79 bits per heavy atom. The van der Waals surface area contributed by atoms with Gasteiger partial charge < -0.3 is 9.47 Å². The zero-order valence-electron chi connectivity index (χ0n) is 19.4. The summed E-state index contributed by atoms with van der Waals surface area (Å²) in [4.78, 5) is 49.1. The second-order valence-corrected chi connectivity index (χ2v) is 9.49. The maximum absolute atomic E-state index is 13.1. The SMILES string of the molecule is COc1cc(/C=C2\C(=O)NC(=O)N(c3ccc([N+](=O)[O-])cc3)C2=O)cc(Br)c1OCc1ccc(Cl)cc1Cl. The number of non-ortho nitro benzene ring substituents is 1. The first-order chi connectivity index (χ1) is 18.1. The Hall–Kier alpha value is -3.93. The molecule has 1 saturated heterocycles. The number of urea groups is 1. The maximum Gasteiger partial charge on any atom is 0.335 e. The van der Waals surface area contributed by atoms with Crippen LogP contribution in [-0.4, -0.2) is 29.9 Å². The van der Waals surface area contributed by atoms with Crippen molar-refractivity contribution in [3.63, 3.8) is 0 Å². The van der Waals surface area contributed by atoms with Crippen molar-refractivity contribution in [2.24, 2.45) is 0 Å². The topological polar surface area (TPSA) is 128 Å². The Labute approximate surface area is 234 Å². The molecule has 3 aromatic carbocycles. The van der Waals surface area contributed by atoms with E-state index in [0.717, 1.165) is 17.0 Å². The summed E-state index contributed by atoms with van der Waals surface area (Å²) in [5.74, 6) is -1.16. The van der Waals surface area contributed by atoms with Gasteiger partial charge >= 0.3 is 6.03 Å². The predicted octanol–water partition coefficient (Wildman–Crippen LogP) is 5.92. The molecule has 4 amide bonds. The van der Waals surface area contributed by atoms with E-state index in [2.05, 4.69) is 21.2 Å². The van der Waals surface area contributed by atoms with Gasteiger partial charge in [0.05, 0.1) is 22.2 Å². The fourth-order valence-electron chi connectivity index (χ4n) is 3.53. The second-order valence-electron chi connectivity index (χ2n) is 7.79. The average molecular weight is 621 g/mol. The number of methoxy groups -OCH3 is 1. The Kier molecular flexibility index (Phi) is 8.00. The van der Waals surface area contributed by atoms with Crippen molar-refractivity contribution < 1.29 is 28.8 Å². The van der Waals surface area contributed by atoms with Gasteiger partial charge in [-0.2, -0.15) is 0 Å². The number of nitrogens with zero attached hydrogens (tertiary/aromatic N) is 2. The summed E-state index contributed by atoms with van der Waals surface area (Å²) in [7, 11) is 1.42. The number of ether oxygens (including phenoxy) is 2. The van der Waals surface area contributed by atoms with E-state index in [9.17, 15) is 24.5 Å². The van der Waals surface area contributed by atoms with Crippen LogP contribution in [0.5, 0.6) is 11.5 Å². The van der Waals surface area contributed by atoms with Crippen molar-refractivity contribution in [1.29, 1.82) is 0 Å². The number of hydrogen-bond acceptors (Lipinski definition) is 7. The lowest BCUT2D eigenvalue weighted by molar-refractivity contribution is -0.384. The predicted molar refractivity (Wildman–Crippen MR) is 144 cm³/mol. The molecule has 1 fully saturated rings. The van der Waals surface area contributed by atoms with Gasteiger partial charge in [-0.15, -0.1) is 0 Å². The number of carbonyl (C=O) groups is 3. The lowest BCUT2D eigenvalue weighted by Gasteiger charge is -2.26. The summed E-state index contributed by atoms with van der Waals surface area (Å²) < 4.78 is 11.8. The molecule has 3 aromatic rings. The molecule has 1 aliphatic rings. The third kappa shape index (κ3) is 5.64. The molecule has 0 aliphatic carbocycles. The Balaban J connectivity index is 1.63. The van der Waals surface area contributed by atoms with Crippen LogP contribution in [0.3, 0.4) is 0 Å². The van der Waals surface area contributed by atoms with Gasteiger partial charge in [-0.1, -0.05) is 29.3 Å². The number of nitro benzene ring substituents is 1. The third-order valence-electron chi connectivity index (χ3n) is 5.37. The number of anilines is 1. The number of imide groups is 2. The minimum atomic E-state index is -0.977. The van der Waals surface area contributed by atoms with Gasteiger partial charge in [0.2, 0.25) is 0 Å². The average Bonchev–Trinajstić information content (AvgIpc) is 2.86. The standard InChI is InChI=1S/C25H16BrCl2N3O7/c1-37-21-10-13(9-19(26)22(21)38-12-14-2-3-15(27)11-20(14)28)8-18-23(32)29-25(34)30(24(18)33)16-4-6-17(7-5-16)31(35)36/h2-11H,12H2,1H3,(H,29,32,34)/b18-8+. The van der Waals surface area contributed by atoms with Crippen molar-refractivity contribution in [1.82, 2.24) is 5.32 Å². The number of rotatable bonds is 7. The monoisotopic (exact) mass is 619 g/mol. The Morgan fingerprint density at radius 1 is 1.08 bits per heavy atom. The van der Waals surface area contributed by atoms with Gasteiger partial charge in [-0.3, -0.25) is 25.0 Å². The summed E-state index contributed by atoms with van der Waals surface area (Å²) in [6.07, 6.45) is 1.29. The highest BCUT2D eigenvalue weighted by Crippen LogP contribution is 2.38. The fraction of sp³-hybridized carbons (Fsp3) is 0.0800. The molecule has 0 spiro atoms. The van der Waals surface area contributed by atoms with Crippen LogP contribution < -0.4 is 19.7 Å². The maximum atomic E-state index is 13.1. The summed E-state index contributed by atoms with van der Waals surface area (Å²) in [6, 6.07) is 11.9. The van der Waals surface area contributed by atoms with Crippen molar-refractivity contribution in [2.45, 2.75) is 6.61 Å². The highest BCUT2D eigenvalue weighted by atomic mass is 79.9. The van der Waals surface area contributed by atoms with Crippen LogP contribution in [0.2, 0.25) is 10.0 Å². The van der Waals surface area contributed by atoms with Crippen LogP contribution in [0.25, 0.3) is 6.08 Å². The molecular weight excluding hydrogens is 605 g/mol. The number of nitrogens with one attached hydrogen (secondary N) is 1. The zero-order valence-corrected chi connectivity index (χ0v) is 22.5. The lowest BCUT2D eigenvalue weighted by atomic mass is 10.1. The molecular formula is C25H16BrCl2N3O7. The molecule has 0 bridgehead atoms. The first kappa shape index (κ1) is 27.1. The number of amides is 4. The summed E-state index contributed by atoms with van der Waals surface area (Å²) >= 11 is 15.6. The fourth-order valence-corrected chi connectivity index (χ4v) is 4.57. The first-order valence-corrected chi connectivity index (χ1v) is 12.2. The molecule has 0 saturated carbocycles. The van der Waals surface area contributed by atoms with Gasteiger partial charge in [-0.05, 0) is 64.0 Å². The number of carbonyl (C=O) groups excluding carboxylic acids is 3. The van der Waals surface area contributed by atoms with E-state index in [1.165, 1.54) is 25.3 Å². The highest BCUT2D eigenvalue weighted by Gasteiger charge is 2.37. The van der Waals surface area contributed by atoms with Gasteiger partial charge in [0, 0.05) is 27.7 Å². The van der Waals surface area contributed by atoms with E-state index >= 15 is 0 Å². The minimum absolute atomic E-state index is 0.0554. The van der Waals surface area contributed by atoms with E-state index in [-0.39, 0.29) is 23.6 Å². The van der Waals surface area contributed by atoms with Crippen LogP contribution in [0.1, 0.15) is 11.1 Å². The minimum Gasteiger partial charge on any atom is -0.493 e. The summed E-state index contributed by atoms with van der Waals surface area (Å²) in [5, 5.41) is 13.9. The number of hydrogen-bond donors (Lipinski definition) is 1. The third-order valence-corrected chi connectivity index (χ3v) is 6.55. The molecule has 4 rings (SSSR count). The molecule has 0 radical (unpaired) electrons. The van der Waals surface area contributed by atoms with Crippen molar-refractivity contribution >= 4 is 74.4 Å². The van der Waals surface area contributed by atoms with Gasteiger partial charge in [0.15, 0.2) is 11.5 Å². The van der Waals surface area contributed by atoms with Gasteiger partial charge in [0.25, 0.3) is 17.5 Å². The largest absolute Gasteiger partial charge is 0.493 e. The van der Waals surface area contributed by atoms with Crippen LogP contribution in [-0.2, 0) is 16.2 Å². The Bertz CT molecular complexity index is 1510. The van der Waals surface area contributed by atoms with E-state index in [4.69, 9.17) is 32.7 Å². The molecule has 1 heterocycles. The molecule has 1 N–H and O–H groups in total. The second kappa shape index (κ2) is 11.2. The van der Waals surface area contributed by atoms with Crippen molar-refractivity contribution in [3.8, 4) is 11.5 Å². The van der Waals surface area contributed by atoms with Crippen LogP contribution in [0, 0.1) is 10.1 Å². The van der Waals surface area contributed by atoms with E-state index in [0.29, 0.717) is 37.1 Å². The molecule has 1 aliphatic heterocycles. The lowest BCUT2D eigenvalue weighted by Crippen LogP contribution is -2.54. The highest BCUT2D eigenvalue weighted by molar-refractivity contribution is 9.10. The van der Waals surface area contributed by atoms with Crippen molar-refractivity contribution in [3.05, 3.63) is 95.9 Å². The number of benzene rings is 3. The first-order valence-electron chi connectivity index (χ1n) is 10.7. The van der Waals surface area contributed by atoms with Crippen LogP contribution >= 0.6 is 39.1 Å².